The summed E-state index contributed by atoms with van der Waals surface area (Å²) in [6, 6.07) is 30.3. The smallest absolute Gasteiger partial charge is 0.344 e. The molecule has 0 saturated heterocycles. The van der Waals surface area contributed by atoms with Crippen molar-refractivity contribution >= 4 is 61.5 Å². The Bertz CT molecular complexity index is 2070. The van der Waals surface area contributed by atoms with Gasteiger partial charge in [0.25, 0.3) is 10.0 Å². The van der Waals surface area contributed by atoms with Crippen molar-refractivity contribution in [2.75, 3.05) is 7.05 Å². The summed E-state index contributed by atoms with van der Waals surface area (Å²) in [5, 5.41) is 2.45. The molecule has 208 valence electrons. The van der Waals surface area contributed by atoms with Crippen LogP contribution in [0.1, 0.15) is 26.3 Å². The Hall–Kier alpha value is -4.43. The number of carbonyl (C=O) groups excluding carboxylic acids is 2. The molecular weight excluding hydrogens is 593 g/mol. The summed E-state index contributed by atoms with van der Waals surface area (Å²) in [5.74, 6) is -1.62. The number of likely N-dealkylation sites (N-methyl/N-ethyl adjacent to an activating group) is 1. The largest absolute Gasteiger partial charge is 0.420 e. The number of nitrogens with zero attached hydrogens (tertiary/aromatic N) is 1. The van der Waals surface area contributed by atoms with Crippen LogP contribution in [-0.4, -0.2) is 31.5 Å². The van der Waals surface area contributed by atoms with Crippen molar-refractivity contribution in [1.29, 1.82) is 0 Å². The van der Waals surface area contributed by atoms with Crippen molar-refractivity contribution in [3.8, 4) is 11.1 Å². The molecule has 0 aliphatic carbocycles. The minimum absolute atomic E-state index is 0.0912. The van der Waals surface area contributed by atoms with Gasteiger partial charge in [-0.05, 0) is 58.8 Å². The molecule has 9 heteroatoms. The van der Waals surface area contributed by atoms with Crippen LogP contribution in [0.2, 0.25) is 10.0 Å². The summed E-state index contributed by atoms with van der Waals surface area (Å²) >= 11 is 12.8. The third-order valence-corrected chi connectivity index (χ3v) is 9.43. The van der Waals surface area contributed by atoms with Crippen LogP contribution in [-0.2, 0) is 14.8 Å². The van der Waals surface area contributed by atoms with Crippen molar-refractivity contribution in [2.24, 2.45) is 0 Å². The molecule has 0 N–H and O–H groups in total. The highest BCUT2D eigenvalue weighted by Crippen LogP contribution is 2.40. The van der Waals surface area contributed by atoms with Crippen LogP contribution in [0, 0.1) is 0 Å². The van der Waals surface area contributed by atoms with Crippen molar-refractivity contribution in [1.82, 2.24) is 4.31 Å². The second kappa shape index (κ2) is 10.8. The Morgan fingerprint density at radius 2 is 1.48 bits per heavy atom. The number of sulfonamides is 1. The van der Waals surface area contributed by atoms with E-state index >= 15 is 0 Å². The van der Waals surface area contributed by atoms with Gasteiger partial charge in [0, 0.05) is 33.8 Å². The first-order chi connectivity index (χ1) is 20.2. The van der Waals surface area contributed by atoms with Gasteiger partial charge in [0.2, 0.25) is 5.78 Å². The molecule has 1 aliphatic heterocycles. The molecule has 6 nitrogen and oxygen atoms in total. The SMILES string of the molecule is CN1C(C(=O)c2ccc3ccccc3c2)=C(OC(=O)c2cccc(Cl)c2-c2cccc(Cl)c2)c2ccccc2S1(=O)=O. The highest BCUT2D eigenvalue weighted by molar-refractivity contribution is 7.89. The molecule has 6 rings (SSSR count). The Morgan fingerprint density at radius 1 is 0.762 bits per heavy atom. The van der Waals surface area contributed by atoms with E-state index in [1.54, 1.807) is 72.8 Å². The van der Waals surface area contributed by atoms with E-state index < -0.39 is 21.8 Å². The number of halogens is 2. The maximum absolute atomic E-state index is 14.1. The minimum atomic E-state index is -4.13. The number of ether oxygens (including phenoxy) is 1. The Morgan fingerprint density at radius 3 is 2.26 bits per heavy atom. The minimum Gasteiger partial charge on any atom is -0.420 e. The van der Waals surface area contributed by atoms with Gasteiger partial charge in [0.05, 0.1) is 10.5 Å². The zero-order valence-electron chi connectivity index (χ0n) is 22.0. The summed E-state index contributed by atoms with van der Waals surface area (Å²) in [7, 11) is -2.87. The summed E-state index contributed by atoms with van der Waals surface area (Å²) in [5.41, 5.74) is 1.14. The number of benzene rings is 5. The fraction of sp³-hybridized carbons (Fsp3) is 0.0303. The predicted molar refractivity (Wildman–Crippen MR) is 164 cm³/mol. The Labute approximate surface area is 252 Å². The Kier molecular flexibility index (Phi) is 7.10. The van der Waals surface area contributed by atoms with Gasteiger partial charge in [-0.3, -0.25) is 9.10 Å². The normalized spacial score (nSPS) is 14.0. The summed E-state index contributed by atoms with van der Waals surface area (Å²) < 4.78 is 33.9. The zero-order chi connectivity index (χ0) is 29.6. The van der Waals surface area contributed by atoms with Gasteiger partial charge in [0.15, 0.2) is 5.76 Å². The molecule has 0 fully saturated rings. The Balaban J connectivity index is 1.53. The molecule has 1 aliphatic rings. The number of ketones is 1. The van der Waals surface area contributed by atoms with Crippen LogP contribution in [0.3, 0.4) is 0 Å². The van der Waals surface area contributed by atoms with Gasteiger partial charge in [-0.1, -0.05) is 89.9 Å². The number of fused-ring (bicyclic) bond motifs is 2. The molecule has 0 radical (unpaired) electrons. The predicted octanol–water partition coefficient (Wildman–Crippen LogP) is 7.86. The van der Waals surface area contributed by atoms with Gasteiger partial charge < -0.3 is 4.74 Å². The lowest BCUT2D eigenvalue weighted by Crippen LogP contribution is -2.36. The van der Waals surface area contributed by atoms with E-state index in [4.69, 9.17) is 27.9 Å². The van der Waals surface area contributed by atoms with Crippen LogP contribution in [0.15, 0.2) is 120 Å². The van der Waals surface area contributed by atoms with E-state index in [1.165, 1.54) is 19.2 Å². The maximum Gasteiger partial charge on any atom is 0.344 e. The monoisotopic (exact) mass is 613 g/mol. The number of esters is 1. The fourth-order valence-corrected chi connectivity index (χ4v) is 6.88. The highest BCUT2D eigenvalue weighted by atomic mass is 35.5. The number of rotatable bonds is 5. The number of hydrogen-bond donors (Lipinski definition) is 0. The van der Waals surface area contributed by atoms with E-state index in [9.17, 15) is 18.0 Å². The van der Waals surface area contributed by atoms with Crippen molar-refractivity contribution < 1.29 is 22.7 Å². The first-order valence-electron chi connectivity index (χ1n) is 12.8. The van der Waals surface area contributed by atoms with Crippen molar-refractivity contribution in [3.05, 3.63) is 142 Å². The fourth-order valence-electron chi connectivity index (χ4n) is 5.01. The van der Waals surface area contributed by atoms with E-state index in [0.29, 0.717) is 16.1 Å². The molecule has 0 saturated carbocycles. The molecule has 0 spiro atoms. The van der Waals surface area contributed by atoms with E-state index in [1.807, 2.05) is 24.3 Å². The molecule has 1 heterocycles. The van der Waals surface area contributed by atoms with Gasteiger partial charge in [-0.2, -0.15) is 0 Å². The molecule has 42 heavy (non-hydrogen) atoms. The lowest BCUT2D eigenvalue weighted by Gasteiger charge is -2.30. The van der Waals surface area contributed by atoms with Crippen LogP contribution < -0.4 is 0 Å². The van der Waals surface area contributed by atoms with Crippen LogP contribution in [0.4, 0.5) is 0 Å². The third kappa shape index (κ3) is 4.75. The molecule has 0 atom stereocenters. The van der Waals surface area contributed by atoms with Gasteiger partial charge >= 0.3 is 5.97 Å². The zero-order valence-corrected chi connectivity index (χ0v) is 24.4. The van der Waals surface area contributed by atoms with Gasteiger partial charge in [-0.15, -0.1) is 0 Å². The number of allylic oxidation sites excluding steroid dienone is 1. The first-order valence-corrected chi connectivity index (χ1v) is 15.0. The first kappa shape index (κ1) is 27.7. The second-order valence-corrected chi connectivity index (χ2v) is 12.4. The lowest BCUT2D eigenvalue weighted by atomic mass is 9.99. The molecule has 5 aromatic rings. The molecule has 0 aromatic heterocycles. The average Bonchev–Trinajstić information content (AvgIpc) is 2.99. The third-order valence-electron chi connectivity index (χ3n) is 7.07. The van der Waals surface area contributed by atoms with E-state index in [-0.39, 0.29) is 38.1 Å². The van der Waals surface area contributed by atoms with Crippen molar-refractivity contribution in [3.63, 3.8) is 0 Å². The van der Waals surface area contributed by atoms with E-state index in [2.05, 4.69) is 0 Å². The topological polar surface area (TPSA) is 80.8 Å². The molecule has 0 bridgehead atoms. The highest BCUT2D eigenvalue weighted by Gasteiger charge is 2.40. The second-order valence-electron chi connectivity index (χ2n) is 9.60. The number of carbonyl (C=O) groups is 2. The van der Waals surface area contributed by atoms with Gasteiger partial charge in [0.1, 0.15) is 5.70 Å². The molecule has 0 unspecified atom stereocenters. The van der Waals surface area contributed by atoms with Crippen LogP contribution in [0.25, 0.3) is 27.7 Å². The summed E-state index contributed by atoms with van der Waals surface area (Å²) in [6.07, 6.45) is 0. The van der Waals surface area contributed by atoms with Crippen molar-refractivity contribution in [2.45, 2.75) is 4.90 Å². The summed E-state index contributed by atoms with van der Waals surface area (Å²) in [4.78, 5) is 27.9. The van der Waals surface area contributed by atoms with Crippen LogP contribution >= 0.6 is 23.2 Å². The average molecular weight is 615 g/mol. The molecule has 0 amide bonds. The quantitative estimate of drug-likeness (QED) is 0.149. The van der Waals surface area contributed by atoms with Crippen LogP contribution in [0.5, 0.6) is 0 Å². The summed E-state index contributed by atoms with van der Waals surface area (Å²) in [6.45, 7) is 0. The van der Waals surface area contributed by atoms with Gasteiger partial charge in [-0.25, -0.2) is 13.2 Å². The number of hydrogen-bond acceptors (Lipinski definition) is 5. The molecular formula is C33H21Cl2NO5S. The molecule has 5 aromatic carbocycles. The van der Waals surface area contributed by atoms with E-state index in [0.717, 1.165) is 15.1 Å². The number of Topliss-reactive ketones (excluding diaryl/α,β-unsaturated/α-hetero) is 1. The standard InChI is InChI=1S/C33H21Cl2NO5S/c1-36-30(31(37)23-17-16-20-8-2-3-9-21(20)18-23)32(25-12-4-5-15-28(25)42(36,39)40)41-33(38)26-13-7-14-27(35)29(26)22-10-6-11-24(34)19-22/h2-19H,1H3. The maximum atomic E-state index is 14.1. The lowest BCUT2D eigenvalue weighted by molar-refractivity contribution is 0.0687.